The van der Waals surface area contributed by atoms with E-state index in [0.29, 0.717) is 13.3 Å². The van der Waals surface area contributed by atoms with Crippen LogP contribution in [0, 0.1) is 0 Å². The summed E-state index contributed by atoms with van der Waals surface area (Å²) in [5.74, 6) is 0. The van der Waals surface area contributed by atoms with E-state index in [1.165, 1.54) is 15.4 Å². The van der Waals surface area contributed by atoms with Gasteiger partial charge in [-0.05, 0) is 0 Å². The van der Waals surface area contributed by atoms with Crippen LogP contribution in [0.25, 0.3) is 0 Å². The van der Waals surface area contributed by atoms with Gasteiger partial charge in [-0.25, -0.2) is 0 Å². The molecule has 0 N–H and O–H groups in total. The van der Waals surface area contributed by atoms with Gasteiger partial charge in [-0.15, -0.1) is 0 Å². The first-order valence-electron chi connectivity index (χ1n) is 2.72. The molecular weight excluding hydrogens is 481 g/mol. The van der Waals surface area contributed by atoms with Crippen molar-refractivity contribution in [3.63, 3.8) is 0 Å². The summed E-state index contributed by atoms with van der Waals surface area (Å²) in [6.07, 6.45) is 0. The van der Waals surface area contributed by atoms with Crippen LogP contribution in [-0.4, -0.2) is 10.2 Å². The van der Waals surface area contributed by atoms with Gasteiger partial charge in [0.05, 0.1) is 0 Å². The standard InChI is InChI=1S/C6H8Si.HI3/c7-6-4-2-1-3-5-6;1-3-2/h1-5H,7H3;3H. The molecule has 0 unspecified atom stereocenters. The first-order chi connectivity index (χ1) is 4.81. The van der Waals surface area contributed by atoms with Gasteiger partial charge in [0.2, 0.25) is 0 Å². The molecule has 0 atom stereocenters. The molecule has 58 valence electrons. The van der Waals surface area contributed by atoms with Gasteiger partial charge in [-0.3, -0.25) is 0 Å². The second-order valence-corrected chi connectivity index (χ2v) is 20.4. The molecule has 1 aromatic rings. The predicted octanol–water partition coefficient (Wildman–Crippen LogP) is 2.07. The Labute approximate surface area is 94.6 Å². The van der Waals surface area contributed by atoms with Gasteiger partial charge in [0.25, 0.3) is 0 Å². The van der Waals surface area contributed by atoms with E-state index in [9.17, 15) is 0 Å². The van der Waals surface area contributed by atoms with E-state index in [1.54, 1.807) is 0 Å². The maximum atomic E-state index is 2.41. The third-order valence-electron chi connectivity index (χ3n) is 0.940. The summed E-state index contributed by atoms with van der Waals surface area (Å²) in [5, 5.41) is 1.46. The molecule has 0 aliphatic carbocycles. The fraction of sp³-hybridized carbons (Fsp3) is 0. The second-order valence-electron chi connectivity index (χ2n) is 1.71. The molecular formula is C6H9I3Si. The van der Waals surface area contributed by atoms with Crippen LogP contribution < -0.4 is 5.19 Å². The summed E-state index contributed by atoms with van der Waals surface area (Å²) in [6, 6.07) is 10.5. The topological polar surface area (TPSA) is 0 Å². The second kappa shape index (κ2) is 8.72. The third-order valence-corrected chi connectivity index (χ3v) is 1.61. The Hall–Kier alpha value is 1.63. The van der Waals surface area contributed by atoms with Gasteiger partial charge in [0.15, 0.2) is 0 Å². The molecule has 0 nitrogen and oxygen atoms in total. The molecule has 10 heavy (non-hydrogen) atoms. The molecule has 1 aromatic carbocycles. The fourth-order valence-corrected chi connectivity index (χ4v) is 0.919. The van der Waals surface area contributed by atoms with E-state index >= 15 is 0 Å². The van der Waals surface area contributed by atoms with E-state index in [-0.39, 0.29) is 0 Å². The average Bonchev–Trinajstić information content (AvgIpc) is 1.91. The number of rotatable bonds is 0. The minimum Gasteiger partial charge on any atom is -0.0708 e. The Balaban J connectivity index is 0.000000236. The van der Waals surface area contributed by atoms with E-state index in [1.807, 2.05) is 6.07 Å². The smallest absolute Gasteiger partial charge is 0.0384 e. The Morgan fingerprint density at radius 2 is 1.50 bits per heavy atom. The van der Waals surface area contributed by atoms with Gasteiger partial charge in [0, 0.05) is 10.2 Å². The largest absolute Gasteiger partial charge is 0.0708 e. The molecule has 0 bridgehead atoms. The van der Waals surface area contributed by atoms with Crippen LogP contribution >= 0.6 is 50.5 Å². The van der Waals surface area contributed by atoms with Crippen LogP contribution in [0.1, 0.15) is 0 Å². The summed E-state index contributed by atoms with van der Waals surface area (Å²) in [5.41, 5.74) is 0. The average molecular weight is 490 g/mol. The van der Waals surface area contributed by atoms with Crippen molar-refractivity contribution >= 4 is 65.9 Å². The quantitative estimate of drug-likeness (QED) is 0.387. The zero-order chi connectivity index (χ0) is 7.82. The molecule has 0 aromatic heterocycles. The van der Waals surface area contributed by atoms with Gasteiger partial charge < -0.3 is 0 Å². The Morgan fingerprint density at radius 1 is 1.10 bits per heavy atom. The summed E-state index contributed by atoms with van der Waals surface area (Å²) in [6.45, 7) is 0. The van der Waals surface area contributed by atoms with Crippen molar-refractivity contribution in [1.82, 2.24) is 0 Å². The van der Waals surface area contributed by atoms with Gasteiger partial charge in [0.1, 0.15) is 0 Å². The van der Waals surface area contributed by atoms with Crippen molar-refractivity contribution in [2.45, 2.75) is 0 Å². The maximum Gasteiger partial charge on any atom is 0.0384 e. The third kappa shape index (κ3) is 7.73. The normalized spacial score (nSPS) is 8.60. The first kappa shape index (κ1) is 11.6. The number of hydrogen-bond acceptors (Lipinski definition) is 0. The van der Waals surface area contributed by atoms with Crippen LogP contribution in [0.15, 0.2) is 30.3 Å². The minimum absolute atomic E-state index is 0.410. The maximum absolute atomic E-state index is 2.41. The summed E-state index contributed by atoms with van der Waals surface area (Å²) < 4.78 is 0. The molecule has 1 rings (SSSR count). The van der Waals surface area contributed by atoms with Gasteiger partial charge in [-0.1, -0.05) is 35.5 Å². The number of halogens is 3. The van der Waals surface area contributed by atoms with Crippen LogP contribution in [0.5, 0.6) is 0 Å². The van der Waals surface area contributed by atoms with E-state index < -0.39 is 0 Å². The minimum atomic E-state index is 0.410. The molecule has 4 heteroatoms. The molecule has 0 heterocycles. The summed E-state index contributed by atoms with van der Waals surface area (Å²) in [4.78, 5) is 0. The van der Waals surface area contributed by atoms with Crippen LogP contribution in [-0.2, 0) is 0 Å². The van der Waals surface area contributed by atoms with E-state index in [0.717, 1.165) is 0 Å². The van der Waals surface area contributed by atoms with Crippen molar-refractivity contribution < 1.29 is 0 Å². The number of benzene rings is 1. The number of hydrogen-bond donors (Lipinski definition) is 0. The van der Waals surface area contributed by atoms with Crippen LogP contribution in [0.3, 0.4) is 0 Å². The molecule has 0 amide bonds. The molecule has 0 radical (unpaired) electrons. The zero-order valence-electron chi connectivity index (χ0n) is 5.55. The van der Waals surface area contributed by atoms with Crippen LogP contribution in [0.2, 0.25) is 0 Å². The van der Waals surface area contributed by atoms with E-state index in [4.69, 9.17) is 0 Å². The SMILES string of the molecule is I[IH]I.[SiH3]c1ccccc1. The summed E-state index contributed by atoms with van der Waals surface area (Å²) >= 11 is 5.22. The van der Waals surface area contributed by atoms with Crippen molar-refractivity contribution in [2.24, 2.45) is 0 Å². The fourth-order valence-electron chi connectivity index (χ4n) is 0.534. The van der Waals surface area contributed by atoms with Crippen molar-refractivity contribution in [2.75, 3.05) is 0 Å². The van der Waals surface area contributed by atoms with Gasteiger partial charge in [-0.2, -0.15) is 0 Å². The predicted molar refractivity (Wildman–Crippen MR) is 79.5 cm³/mol. The molecule has 0 saturated heterocycles. The van der Waals surface area contributed by atoms with Crippen molar-refractivity contribution in [3.05, 3.63) is 30.3 Å². The first-order valence-corrected chi connectivity index (χ1v) is 17.3. The van der Waals surface area contributed by atoms with Gasteiger partial charge >= 0.3 is 50.5 Å². The Bertz CT molecular complexity index is 154. The van der Waals surface area contributed by atoms with Crippen molar-refractivity contribution in [1.29, 1.82) is 0 Å². The molecule has 0 fully saturated rings. The molecule has 0 aliphatic rings. The molecule has 0 saturated carbocycles. The molecule has 0 aliphatic heterocycles. The van der Waals surface area contributed by atoms with E-state index in [2.05, 4.69) is 61.5 Å². The summed E-state index contributed by atoms with van der Waals surface area (Å²) in [7, 11) is 1.17. The zero-order valence-corrected chi connectivity index (χ0v) is 14.2. The Morgan fingerprint density at radius 3 is 1.70 bits per heavy atom. The molecule has 0 spiro atoms. The van der Waals surface area contributed by atoms with Crippen molar-refractivity contribution in [3.8, 4) is 0 Å². The Kier molecular flexibility index (Phi) is 10.1. The van der Waals surface area contributed by atoms with Crippen LogP contribution in [0.4, 0.5) is 0 Å². The monoisotopic (exact) mass is 490 g/mol.